The van der Waals surface area contributed by atoms with Crippen molar-refractivity contribution in [2.24, 2.45) is 0 Å². The molecule has 0 amide bonds. The van der Waals surface area contributed by atoms with Gasteiger partial charge in [0, 0.05) is 24.7 Å². The first-order chi connectivity index (χ1) is 15.5. The largest absolute Gasteiger partial charge is 0.486 e. The number of benzene rings is 2. The Balaban J connectivity index is 1.44. The SMILES string of the molecule is O=C(COC(=O)c1ccc(N2CCCCCC2)c([N+](=O)[O-])c1)c1ccc2c(c1)OCCO2. The average molecular weight is 440 g/mol. The summed E-state index contributed by atoms with van der Waals surface area (Å²) < 4.78 is 16.0. The van der Waals surface area contributed by atoms with Gasteiger partial charge in [-0.25, -0.2) is 4.79 Å². The lowest BCUT2D eigenvalue weighted by Crippen LogP contribution is -2.25. The van der Waals surface area contributed by atoms with E-state index in [-0.39, 0.29) is 11.3 Å². The molecule has 0 saturated carbocycles. The lowest BCUT2D eigenvalue weighted by atomic mass is 10.1. The number of ether oxygens (including phenoxy) is 3. The number of nitro benzene ring substituents is 1. The molecule has 2 aliphatic heterocycles. The summed E-state index contributed by atoms with van der Waals surface area (Å²) in [5.74, 6) is -0.179. The van der Waals surface area contributed by atoms with E-state index in [0.29, 0.717) is 36.0 Å². The van der Waals surface area contributed by atoms with Crippen LogP contribution >= 0.6 is 0 Å². The third-order valence-corrected chi connectivity index (χ3v) is 5.55. The van der Waals surface area contributed by atoms with E-state index >= 15 is 0 Å². The number of nitrogens with zero attached hydrogens (tertiary/aromatic N) is 2. The zero-order valence-corrected chi connectivity index (χ0v) is 17.6. The summed E-state index contributed by atoms with van der Waals surface area (Å²) in [7, 11) is 0. The maximum absolute atomic E-state index is 12.5. The number of ketones is 1. The summed E-state index contributed by atoms with van der Waals surface area (Å²) >= 11 is 0. The number of anilines is 1. The van der Waals surface area contributed by atoms with Crippen LogP contribution in [0.5, 0.6) is 11.5 Å². The first-order valence-electron chi connectivity index (χ1n) is 10.7. The third-order valence-electron chi connectivity index (χ3n) is 5.55. The molecule has 4 rings (SSSR count). The van der Waals surface area contributed by atoms with E-state index < -0.39 is 23.3 Å². The number of carbonyl (C=O) groups is 2. The normalized spacial score (nSPS) is 15.6. The summed E-state index contributed by atoms with van der Waals surface area (Å²) in [6.45, 7) is 1.84. The Morgan fingerprint density at radius 3 is 2.34 bits per heavy atom. The molecule has 0 spiro atoms. The molecule has 1 saturated heterocycles. The first-order valence-corrected chi connectivity index (χ1v) is 10.7. The third kappa shape index (κ3) is 4.82. The van der Waals surface area contributed by atoms with Gasteiger partial charge >= 0.3 is 5.97 Å². The number of fused-ring (bicyclic) bond motifs is 1. The topological polar surface area (TPSA) is 108 Å². The molecule has 0 aliphatic carbocycles. The molecule has 0 unspecified atom stereocenters. The molecule has 0 N–H and O–H groups in total. The zero-order chi connectivity index (χ0) is 22.5. The van der Waals surface area contributed by atoms with E-state index in [1.807, 2.05) is 4.90 Å². The molecule has 2 aromatic carbocycles. The predicted octanol–water partition coefficient (Wildman–Crippen LogP) is 3.79. The van der Waals surface area contributed by atoms with E-state index in [4.69, 9.17) is 14.2 Å². The van der Waals surface area contributed by atoms with Gasteiger partial charge in [-0.15, -0.1) is 0 Å². The van der Waals surface area contributed by atoms with Gasteiger partial charge in [0.1, 0.15) is 18.9 Å². The van der Waals surface area contributed by atoms with Crippen LogP contribution in [-0.2, 0) is 4.74 Å². The van der Waals surface area contributed by atoms with Gasteiger partial charge in [0.15, 0.2) is 23.9 Å². The molecule has 0 aromatic heterocycles. The fourth-order valence-electron chi connectivity index (χ4n) is 3.89. The molecule has 1 fully saturated rings. The Kier molecular flexibility index (Phi) is 6.53. The Morgan fingerprint density at radius 2 is 1.62 bits per heavy atom. The highest BCUT2D eigenvalue weighted by atomic mass is 16.6. The van der Waals surface area contributed by atoms with E-state index in [2.05, 4.69) is 0 Å². The fourth-order valence-corrected chi connectivity index (χ4v) is 3.89. The number of Topliss-reactive ketones (excluding diaryl/α,β-unsaturated/α-hetero) is 1. The Hall–Kier alpha value is -3.62. The van der Waals surface area contributed by atoms with Gasteiger partial charge in [0.05, 0.1) is 10.5 Å². The molecular formula is C23H24N2O7. The highest BCUT2D eigenvalue weighted by Gasteiger charge is 2.24. The molecule has 9 nitrogen and oxygen atoms in total. The van der Waals surface area contributed by atoms with Crippen molar-refractivity contribution >= 4 is 23.1 Å². The minimum atomic E-state index is -0.790. The number of carbonyl (C=O) groups excluding carboxylic acids is 2. The van der Waals surface area contributed by atoms with E-state index in [1.54, 1.807) is 24.3 Å². The summed E-state index contributed by atoms with van der Waals surface area (Å²) in [4.78, 5) is 38.1. The van der Waals surface area contributed by atoms with Gasteiger partial charge in [-0.3, -0.25) is 14.9 Å². The predicted molar refractivity (Wildman–Crippen MR) is 116 cm³/mol. The number of hydrogen-bond donors (Lipinski definition) is 0. The van der Waals surface area contributed by atoms with Crippen molar-refractivity contribution in [1.29, 1.82) is 0 Å². The lowest BCUT2D eigenvalue weighted by Gasteiger charge is -2.22. The van der Waals surface area contributed by atoms with Crippen LogP contribution < -0.4 is 14.4 Å². The van der Waals surface area contributed by atoms with Gasteiger partial charge in [-0.2, -0.15) is 0 Å². The summed E-state index contributed by atoms with van der Waals surface area (Å²) in [5, 5.41) is 11.6. The number of rotatable bonds is 6. The standard InChI is InChI=1S/C23H24N2O7/c26-20(16-6-8-21-22(14-16)31-12-11-30-21)15-32-23(27)17-5-7-18(19(13-17)25(28)29)24-9-3-1-2-4-10-24/h5-8,13-14H,1-4,9-12,15H2. The monoisotopic (exact) mass is 440 g/mol. The Labute approximate surface area is 185 Å². The van der Waals surface area contributed by atoms with Crippen molar-refractivity contribution < 1.29 is 28.7 Å². The summed E-state index contributed by atoms with van der Waals surface area (Å²) in [5.41, 5.74) is 0.718. The molecule has 32 heavy (non-hydrogen) atoms. The van der Waals surface area contributed by atoms with Crippen LogP contribution in [0.15, 0.2) is 36.4 Å². The Morgan fingerprint density at radius 1 is 0.938 bits per heavy atom. The van der Waals surface area contributed by atoms with Crippen LogP contribution in [0, 0.1) is 10.1 Å². The second-order valence-corrected chi connectivity index (χ2v) is 7.72. The van der Waals surface area contributed by atoms with Crippen molar-refractivity contribution in [2.75, 3.05) is 37.8 Å². The zero-order valence-electron chi connectivity index (χ0n) is 17.6. The van der Waals surface area contributed by atoms with Crippen molar-refractivity contribution in [3.8, 4) is 11.5 Å². The van der Waals surface area contributed by atoms with Gasteiger partial charge in [-0.05, 0) is 43.2 Å². The Bertz CT molecular complexity index is 1030. The maximum Gasteiger partial charge on any atom is 0.338 e. The molecular weight excluding hydrogens is 416 g/mol. The van der Waals surface area contributed by atoms with E-state index in [1.165, 1.54) is 12.1 Å². The van der Waals surface area contributed by atoms with Crippen LogP contribution in [0.25, 0.3) is 0 Å². The van der Waals surface area contributed by atoms with Crippen molar-refractivity contribution in [2.45, 2.75) is 25.7 Å². The highest BCUT2D eigenvalue weighted by molar-refractivity contribution is 6.00. The number of esters is 1. The minimum Gasteiger partial charge on any atom is -0.486 e. The highest BCUT2D eigenvalue weighted by Crippen LogP contribution is 2.32. The molecule has 168 valence electrons. The molecule has 2 aromatic rings. The second-order valence-electron chi connectivity index (χ2n) is 7.72. The van der Waals surface area contributed by atoms with Crippen molar-refractivity contribution in [3.63, 3.8) is 0 Å². The molecule has 2 heterocycles. The van der Waals surface area contributed by atoms with Crippen LogP contribution in [0.1, 0.15) is 46.4 Å². The quantitative estimate of drug-likeness (QED) is 0.289. The van der Waals surface area contributed by atoms with E-state index in [9.17, 15) is 19.7 Å². The van der Waals surface area contributed by atoms with Crippen LogP contribution in [0.3, 0.4) is 0 Å². The van der Waals surface area contributed by atoms with Crippen LogP contribution in [0.4, 0.5) is 11.4 Å². The maximum atomic E-state index is 12.5. The summed E-state index contributed by atoms with van der Waals surface area (Å²) in [6.07, 6.45) is 4.16. The first kappa shape index (κ1) is 21.6. The van der Waals surface area contributed by atoms with Crippen LogP contribution in [0.2, 0.25) is 0 Å². The minimum absolute atomic E-state index is 0.0326. The van der Waals surface area contributed by atoms with Crippen molar-refractivity contribution in [3.05, 3.63) is 57.6 Å². The van der Waals surface area contributed by atoms with E-state index in [0.717, 1.165) is 38.8 Å². The van der Waals surface area contributed by atoms with Gasteiger partial charge in [0.2, 0.25) is 0 Å². The fraction of sp³-hybridized carbons (Fsp3) is 0.391. The number of nitro groups is 1. The molecule has 0 bridgehead atoms. The van der Waals surface area contributed by atoms with Crippen molar-refractivity contribution in [1.82, 2.24) is 0 Å². The lowest BCUT2D eigenvalue weighted by molar-refractivity contribution is -0.384. The van der Waals surface area contributed by atoms with Gasteiger partial charge in [-0.1, -0.05) is 12.8 Å². The summed E-state index contributed by atoms with van der Waals surface area (Å²) in [6, 6.07) is 9.06. The van der Waals surface area contributed by atoms with Crippen LogP contribution in [-0.4, -0.2) is 49.6 Å². The molecule has 0 atom stereocenters. The average Bonchev–Trinajstić information content (AvgIpc) is 3.11. The van der Waals surface area contributed by atoms with Gasteiger partial charge < -0.3 is 19.1 Å². The molecule has 9 heteroatoms. The molecule has 2 aliphatic rings. The molecule has 0 radical (unpaired) electrons. The number of hydrogen-bond acceptors (Lipinski definition) is 8. The second kappa shape index (κ2) is 9.67. The smallest absolute Gasteiger partial charge is 0.338 e. The van der Waals surface area contributed by atoms with Gasteiger partial charge in [0.25, 0.3) is 5.69 Å².